The maximum absolute atomic E-state index is 5.41. The first-order valence-corrected chi connectivity index (χ1v) is 7.40. The van der Waals surface area contributed by atoms with E-state index in [9.17, 15) is 0 Å². The fourth-order valence-corrected chi connectivity index (χ4v) is 3.15. The van der Waals surface area contributed by atoms with Crippen molar-refractivity contribution in [1.82, 2.24) is 15.5 Å². The Hall–Kier alpha value is -0.350. The summed E-state index contributed by atoms with van der Waals surface area (Å²) in [5.74, 6) is 0. The molecule has 0 atom stereocenters. The van der Waals surface area contributed by atoms with E-state index >= 15 is 0 Å². The molecule has 3 nitrogen and oxygen atoms in total. The standard InChI is InChI=1S/C13H25N3S/c1-16-9-7-12(8-10-16)15-13(17)14-11-5-3-2-4-6-11/h11-12H,2-10H2,1H3,(H2,14,15,17). The lowest BCUT2D eigenvalue weighted by atomic mass is 9.96. The zero-order chi connectivity index (χ0) is 12.1. The summed E-state index contributed by atoms with van der Waals surface area (Å²) in [4.78, 5) is 2.38. The average Bonchev–Trinajstić information content (AvgIpc) is 2.33. The summed E-state index contributed by atoms with van der Waals surface area (Å²) in [5.41, 5.74) is 0. The van der Waals surface area contributed by atoms with Gasteiger partial charge in [-0.3, -0.25) is 0 Å². The number of thiocarbonyl (C=S) groups is 1. The van der Waals surface area contributed by atoms with E-state index in [4.69, 9.17) is 12.2 Å². The third-order valence-corrected chi connectivity index (χ3v) is 4.23. The Morgan fingerprint density at radius 2 is 1.47 bits per heavy atom. The van der Waals surface area contributed by atoms with Gasteiger partial charge >= 0.3 is 0 Å². The zero-order valence-corrected chi connectivity index (χ0v) is 11.7. The molecule has 1 heterocycles. The minimum absolute atomic E-state index is 0.579. The van der Waals surface area contributed by atoms with Crippen LogP contribution in [0.1, 0.15) is 44.9 Å². The molecular formula is C13H25N3S. The fraction of sp³-hybridized carbons (Fsp3) is 0.923. The van der Waals surface area contributed by atoms with Crippen molar-refractivity contribution in [2.45, 2.75) is 57.0 Å². The first-order valence-electron chi connectivity index (χ1n) is 6.99. The third-order valence-electron chi connectivity index (χ3n) is 3.99. The van der Waals surface area contributed by atoms with Crippen molar-refractivity contribution >= 4 is 17.3 Å². The van der Waals surface area contributed by atoms with Crippen molar-refractivity contribution in [2.75, 3.05) is 20.1 Å². The largest absolute Gasteiger partial charge is 0.360 e. The van der Waals surface area contributed by atoms with Crippen LogP contribution >= 0.6 is 12.2 Å². The van der Waals surface area contributed by atoms with Crippen LogP contribution in [0.25, 0.3) is 0 Å². The molecule has 2 fully saturated rings. The predicted molar refractivity (Wildman–Crippen MR) is 76.3 cm³/mol. The Morgan fingerprint density at radius 3 is 2.06 bits per heavy atom. The number of nitrogens with one attached hydrogen (secondary N) is 2. The maximum atomic E-state index is 5.41. The van der Waals surface area contributed by atoms with Crippen molar-refractivity contribution in [1.29, 1.82) is 0 Å². The van der Waals surface area contributed by atoms with Gasteiger partial charge in [0.15, 0.2) is 5.11 Å². The highest BCUT2D eigenvalue weighted by Crippen LogP contribution is 2.17. The van der Waals surface area contributed by atoms with Crippen LogP contribution in [0.4, 0.5) is 0 Å². The molecule has 2 aliphatic rings. The summed E-state index contributed by atoms with van der Waals surface area (Å²) in [5, 5.41) is 7.85. The van der Waals surface area contributed by atoms with Gasteiger partial charge in [-0.15, -0.1) is 0 Å². The first-order chi connectivity index (χ1) is 8.24. The van der Waals surface area contributed by atoms with E-state index < -0.39 is 0 Å². The van der Waals surface area contributed by atoms with Crippen LogP contribution in [-0.2, 0) is 0 Å². The van der Waals surface area contributed by atoms with E-state index in [-0.39, 0.29) is 0 Å². The Balaban J connectivity index is 1.66. The monoisotopic (exact) mass is 255 g/mol. The molecule has 0 spiro atoms. The summed E-state index contributed by atoms with van der Waals surface area (Å²) >= 11 is 5.41. The highest BCUT2D eigenvalue weighted by atomic mass is 32.1. The van der Waals surface area contributed by atoms with Crippen LogP contribution in [0.5, 0.6) is 0 Å². The van der Waals surface area contributed by atoms with Gasteiger partial charge in [-0.25, -0.2) is 0 Å². The Labute approximate surface area is 110 Å². The fourth-order valence-electron chi connectivity index (χ4n) is 2.81. The molecule has 2 N–H and O–H groups in total. The SMILES string of the molecule is CN1CCC(NC(=S)NC2CCCCC2)CC1. The van der Waals surface area contributed by atoms with Gasteiger partial charge in [-0.05, 0) is 58.0 Å². The third kappa shape index (κ3) is 4.43. The number of likely N-dealkylation sites (tertiary alicyclic amines) is 1. The molecular weight excluding hydrogens is 230 g/mol. The molecule has 0 aromatic rings. The lowest BCUT2D eigenvalue weighted by molar-refractivity contribution is 0.246. The molecule has 0 amide bonds. The van der Waals surface area contributed by atoms with E-state index in [0.717, 1.165) is 5.11 Å². The Kier molecular flexibility index (Phi) is 5.04. The van der Waals surface area contributed by atoms with E-state index in [0.29, 0.717) is 12.1 Å². The van der Waals surface area contributed by atoms with E-state index in [1.165, 1.54) is 58.0 Å². The summed E-state index contributed by atoms with van der Waals surface area (Å²) in [6.07, 6.45) is 9.10. The molecule has 4 heteroatoms. The summed E-state index contributed by atoms with van der Waals surface area (Å²) < 4.78 is 0. The second kappa shape index (κ2) is 6.55. The van der Waals surface area contributed by atoms with Gasteiger partial charge in [0.2, 0.25) is 0 Å². The number of hydrogen-bond acceptors (Lipinski definition) is 2. The quantitative estimate of drug-likeness (QED) is 0.737. The van der Waals surface area contributed by atoms with Crippen molar-refractivity contribution in [2.24, 2.45) is 0 Å². The van der Waals surface area contributed by atoms with Gasteiger partial charge in [0.25, 0.3) is 0 Å². The highest BCUT2D eigenvalue weighted by molar-refractivity contribution is 7.80. The predicted octanol–water partition coefficient (Wildman–Crippen LogP) is 1.88. The molecule has 1 saturated heterocycles. The minimum Gasteiger partial charge on any atom is -0.360 e. The Morgan fingerprint density at radius 1 is 0.941 bits per heavy atom. The van der Waals surface area contributed by atoms with Crippen molar-refractivity contribution < 1.29 is 0 Å². The van der Waals surface area contributed by atoms with Gasteiger partial charge < -0.3 is 15.5 Å². The number of nitrogens with zero attached hydrogens (tertiary/aromatic N) is 1. The molecule has 0 aromatic heterocycles. The van der Waals surface area contributed by atoms with Crippen molar-refractivity contribution in [3.8, 4) is 0 Å². The van der Waals surface area contributed by atoms with Gasteiger partial charge in [0.1, 0.15) is 0 Å². The molecule has 0 radical (unpaired) electrons. The average molecular weight is 255 g/mol. The van der Waals surface area contributed by atoms with Crippen molar-refractivity contribution in [3.63, 3.8) is 0 Å². The summed E-state index contributed by atoms with van der Waals surface area (Å²) in [6.45, 7) is 2.37. The maximum Gasteiger partial charge on any atom is 0.166 e. The molecule has 98 valence electrons. The number of piperidine rings is 1. The number of hydrogen-bond donors (Lipinski definition) is 2. The van der Waals surface area contributed by atoms with E-state index in [1.54, 1.807) is 0 Å². The molecule has 17 heavy (non-hydrogen) atoms. The highest BCUT2D eigenvalue weighted by Gasteiger charge is 2.19. The second-order valence-electron chi connectivity index (χ2n) is 5.53. The van der Waals surface area contributed by atoms with Crippen LogP contribution in [0.2, 0.25) is 0 Å². The normalized spacial score (nSPS) is 24.5. The summed E-state index contributed by atoms with van der Waals surface area (Å²) in [6, 6.07) is 1.20. The molecule has 2 rings (SSSR count). The van der Waals surface area contributed by atoms with Crippen LogP contribution < -0.4 is 10.6 Å². The van der Waals surface area contributed by atoms with E-state index in [1.807, 2.05) is 0 Å². The van der Waals surface area contributed by atoms with Crippen LogP contribution in [-0.4, -0.2) is 42.2 Å². The lowest BCUT2D eigenvalue weighted by Gasteiger charge is -2.31. The molecule has 0 unspecified atom stereocenters. The number of rotatable bonds is 2. The second-order valence-corrected chi connectivity index (χ2v) is 5.94. The van der Waals surface area contributed by atoms with Gasteiger partial charge in [-0.2, -0.15) is 0 Å². The molecule has 1 aliphatic carbocycles. The molecule has 1 saturated carbocycles. The van der Waals surface area contributed by atoms with Crippen LogP contribution in [0.15, 0.2) is 0 Å². The van der Waals surface area contributed by atoms with E-state index in [2.05, 4.69) is 22.6 Å². The Bertz CT molecular complexity index is 243. The topological polar surface area (TPSA) is 27.3 Å². The minimum atomic E-state index is 0.579. The molecule has 0 bridgehead atoms. The molecule has 0 aromatic carbocycles. The zero-order valence-electron chi connectivity index (χ0n) is 10.9. The first kappa shape index (κ1) is 13.1. The lowest BCUT2D eigenvalue weighted by Crippen LogP contribution is -2.49. The summed E-state index contributed by atoms with van der Waals surface area (Å²) in [7, 11) is 2.19. The van der Waals surface area contributed by atoms with Crippen LogP contribution in [0.3, 0.4) is 0 Å². The molecule has 1 aliphatic heterocycles. The van der Waals surface area contributed by atoms with Crippen molar-refractivity contribution in [3.05, 3.63) is 0 Å². The van der Waals surface area contributed by atoms with Gasteiger partial charge in [-0.1, -0.05) is 19.3 Å². The van der Waals surface area contributed by atoms with Gasteiger partial charge in [0, 0.05) is 12.1 Å². The van der Waals surface area contributed by atoms with Crippen LogP contribution in [0, 0.1) is 0 Å². The smallest absolute Gasteiger partial charge is 0.166 e. The van der Waals surface area contributed by atoms with Gasteiger partial charge in [0.05, 0.1) is 0 Å².